The summed E-state index contributed by atoms with van der Waals surface area (Å²) in [6.45, 7) is 9.33. The maximum Gasteiger partial charge on any atom is 0.239 e. The Labute approximate surface area is 168 Å². The van der Waals surface area contributed by atoms with Crippen molar-refractivity contribution >= 4 is 11.6 Å². The third-order valence-electron chi connectivity index (χ3n) is 5.43. The quantitative estimate of drug-likeness (QED) is 0.833. The first kappa shape index (κ1) is 20.2. The zero-order valence-corrected chi connectivity index (χ0v) is 17.3. The molecule has 150 valence electrons. The molecule has 2 atom stereocenters. The summed E-state index contributed by atoms with van der Waals surface area (Å²) in [5.74, 6) is 1.01. The molecule has 2 aromatic carbocycles. The number of benzene rings is 2. The van der Waals surface area contributed by atoms with Gasteiger partial charge >= 0.3 is 0 Å². The van der Waals surface area contributed by atoms with Gasteiger partial charge < -0.3 is 14.5 Å². The molecule has 5 nitrogen and oxygen atoms in total. The first-order valence-electron chi connectivity index (χ1n) is 9.99. The number of carbonyl (C=O) groups is 1. The van der Waals surface area contributed by atoms with E-state index in [0.29, 0.717) is 0 Å². The Balaban J connectivity index is 1.57. The van der Waals surface area contributed by atoms with Crippen LogP contribution >= 0.6 is 0 Å². The molecule has 2 unspecified atom stereocenters. The molecule has 1 amide bonds. The maximum absolute atomic E-state index is 12.9. The molecule has 2 aromatic rings. The van der Waals surface area contributed by atoms with Gasteiger partial charge in [0.15, 0.2) is 0 Å². The number of para-hydroxylation sites is 1. The Morgan fingerprint density at radius 3 is 2.36 bits per heavy atom. The zero-order valence-electron chi connectivity index (χ0n) is 17.3. The van der Waals surface area contributed by atoms with E-state index in [9.17, 15) is 4.79 Å². The minimum Gasteiger partial charge on any atom is -0.496 e. The summed E-state index contributed by atoms with van der Waals surface area (Å²) in [5, 5.41) is 3.45. The van der Waals surface area contributed by atoms with E-state index in [1.165, 1.54) is 11.3 Å². The molecule has 0 aromatic heterocycles. The highest BCUT2D eigenvalue weighted by molar-refractivity contribution is 5.81. The van der Waals surface area contributed by atoms with Crippen molar-refractivity contribution in [2.24, 2.45) is 0 Å². The van der Waals surface area contributed by atoms with Gasteiger partial charge in [0.1, 0.15) is 5.75 Å². The molecule has 0 aliphatic carbocycles. The fourth-order valence-electron chi connectivity index (χ4n) is 3.83. The van der Waals surface area contributed by atoms with Crippen LogP contribution in [0.25, 0.3) is 0 Å². The minimum atomic E-state index is -0.247. The summed E-state index contributed by atoms with van der Waals surface area (Å²) < 4.78 is 5.49. The standard InChI is InChI=1S/C23H31N3O2/c1-17-10-11-22(28-4)21(16-17)18(2)24-19(3)23(27)26-14-12-25(13-15-26)20-8-6-5-7-9-20/h5-11,16,18-19,24H,12-15H2,1-4H3. The summed E-state index contributed by atoms with van der Waals surface area (Å²) in [6, 6.07) is 16.3. The van der Waals surface area contributed by atoms with Gasteiger partial charge in [0.2, 0.25) is 5.91 Å². The molecule has 0 bridgehead atoms. The van der Waals surface area contributed by atoms with E-state index in [0.717, 1.165) is 37.5 Å². The van der Waals surface area contributed by atoms with Crippen LogP contribution in [0.5, 0.6) is 5.75 Å². The van der Waals surface area contributed by atoms with Crippen LogP contribution < -0.4 is 15.0 Å². The van der Waals surface area contributed by atoms with E-state index in [2.05, 4.69) is 54.4 Å². The van der Waals surface area contributed by atoms with E-state index < -0.39 is 0 Å². The lowest BCUT2D eigenvalue weighted by Gasteiger charge is -2.37. The van der Waals surface area contributed by atoms with Gasteiger partial charge in [0.05, 0.1) is 13.2 Å². The first-order valence-corrected chi connectivity index (χ1v) is 9.99. The van der Waals surface area contributed by atoms with Gasteiger partial charge in [0.25, 0.3) is 0 Å². The number of ether oxygens (including phenoxy) is 1. The van der Waals surface area contributed by atoms with Crippen molar-refractivity contribution in [1.82, 2.24) is 10.2 Å². The molecule has 1 fully saturated rings. The lowest BCUT2D eigenvalue weighted by atomic mass is 10.0. The molecular weight excluding hydrogens is 350 g/mol. The topological polar surface area (TPSA) is 44.8 Å². The Morgan fingerprint density at radius 2 is 1.71 bits per heavy atom. The lowest BCUT2D eigenvalue weighted by molar-refractivity contribution is -0.133. The van der Waals surface area contributed by atoms with E-state index >= 15 is 0 Å². The Morgan fingerprint density at radius 1 is 1.04 bits per heavy atom. The van der Waals surface area contributed by atoms with Crippen molar-refractivity contribution in [2.75, 3.05) is 38.2 Å². The molecule has 0 radical (unpaired) electrons. The summed E-state index contributed by atoms with van der Waals surface area (Å²) in [6.07, 6.45) is 0. The number of nitrogens with zero attached hydrogens (tertiary/aromatic N) is 2. The van der Waals surface area contributed by atoms with Crippen molar-refractivity contribution in [2.45, 2.75) is 32.9 Å². The fraction of sp³-hybridized carbons (Fsp3) is 0.435. The molecule has 3 rings (SSSR count). The Hall–Kier alpha value is -2.53. The van der Waals surface area contributed by atoms with Gasteiger partial charge in [-0.15, -0.1) is 0 Å². The number of aryl methyl sites for hydroxylation is 1. The summed E-state index contributed by atoms with van der Waals surface area (Å²) >= 11 is 0. The van der Waals surface area contributed by atoms with Crippen molar-refractivity contribution in [1.29, 1.82) is 0 Å². The van der Waals surface area contributed by atoms with Crippen molar-refractivity contribution in [3.8, 4) is 5.75 Å². The number of hydrogen-bond donors (Lipinski definition) is 1. The van der Waals surface area contributed by atoms with Crippen LogP contribution in [0.15, 0.2) is 48.5 Å². The third-order valence-corrected chi connectivity index (χ3v) is 5.43. The molecule has 1 N–H and O–H groups in total. The molecule has 1 saturated heterocycles. The van der Waals surface area contributed by atoms with Crippen LogP contribution in [-0.2, 0) is 4.79 Å². The van der Waals surface area contributed by atoms with E-state index in [1.54, 1.807) is 7.11 Å². The van der Waals surface area contributed by atoms with Crippen molar-refractivity contribution < 1.29 is 9.53 Å². The largest absolute Gasteiger partial charge is 0.496 e. The van der Waals surface area contributed by atoms with Crippen LogP contribution in [0, 0.1) is 6.92 Å². The van der Waals surface area contributed by atoms with Crippen LogP contribution in [0.2, 0.25) is 0 Å². The average molecular weight is 382 g/mol. The zero-order chi connectivity index (χ0) is 20.1. The second kappa shape index (κ2) is 9.11. The normalized spacial score (nSPS) is 16.6. The molecule has 1 heterocycles. The number of carbonyl (C=O) groups excluding carboxylic acids is 1. The highest BCUT2D eigenvalue weighted by Crippen LogP contribution is 2.26. The average Bonchev–Trinajstić information content (AvgIpc) is 2.73. The summed E-state index contributed by atoms with van der Waals surface area (Å²) in [5.41, 5.74) is 3.48. The molecule has 0 spiro atoms. The third kappa shape index (κ3) is 4.65. The van der Waals surface area contributed by atoms with Gasteiger partial charge in [-0.05, 0) is 39.0 Å². The number of methoxy groups -OCH3 is 1. The molecular formula is C23H31N3O2. The predicted octanol–water partition coefficient (Wildman–Crippen LogP) is 3.39. The smallest absolute Gasteiger partial charge is 0.239 e. The predicted molar refractivity (Wildman–Crippen MR) is 114 cm³/mol. The number of hydrogen-bond acceptors (Lipinski definition) is 4. The number of piperazine rings is 1. The Bertz CT molecular complexity index is 786. The van der Waals surface area contributed by atoms with Gasteiger partial charge in [-0.2, -0.15) is 0 Å². The minimum absolute atomic E-state index is 0.0272. The molecule has 5 heteroatoms. The SMILES string of the molecule is COc1ccc(C)cc1C(C)NC(C)C(=O)N1CCN(c2ccccc2)CC1. The summed E-state index contributed by atoms with van der Waals surface area (Å²) in [7, 11) is 1.68. The molecule has 1 aliphatic rings. The highest BCUT2D eigenvalue weighted by Gasteiger charge is 2.26. The molecule has 0 saturated carbocycles. The van der Waals surface area contributed by atoms with Crippen LogP contribution in [0.1, 0.15) is 31.0 Å². The number of nitrogens with one attached hydrogen (secondary N) is 1. The fourth-order valence-corrected chi connectivity index (χ4v) is 3.83. The number of rotatable bonds is 6. The second-order valence-electron chi connectivity index (χ2n) is 7.50. The number of amides is 1. The lowest BCUT2D eigenvalue weighted by Crippen LogP contribution is -2.53. The van der Waals surface area contributed by atoms with E-state index in [-0.39, 0.29) is 18.0 Å². The maximum atomic E-state index is 12.9. The van der Waals surface area contributed by atoms with Crippen LogP contribution in [0.4, 0.5) is 5.69 Å². The van der Waals surface area contributed by atoms with Crippen LogP contribution in [-0.4, -0.2) is 50.1 Å². The van der Waals surface area contributed by atoms with Crippen molar-refractivity contribution in [3.63, 3.8) is 0 Å². The van der Waals surface area contributed by atoms with Crippen LogP contribution in [0.3, 0.4) is 0 Å². The highest BCUT2D eigenvalue weighted by atomic mass is 16.5. The first-order chi connectivity index (χ1) is 13.5. The van der Waals surface area contributed by atoms with Gasteiger partial charge in [-0.3, -0.25) is 10.1 Å². The molecule has 28 heavy (non-hydrogen) atoms. The molecule has 1 aliphatic heterocycles. The van der Waals surface area contributed by atoms with E-state index in [4.69, 9.17) is 4.74 Å². The Kier molecular flexibility index (Phi) is 6.57. The second-order valence-corrected chi connectivity index (χ2v) is 7.50. The van der Waals surface area contributed by atoms with Gasteiger partial charge in [-0.25, -0.2) is 0 Å². The van der Waals surface area contributed by atoms with Crippen molar-refractivity contribution in [3.05, 3.63) is 59.7 Å². The monoisotopic (exact) mass is 381 g/mol. The summed E-state index contributed by atoms with van der Waals surface area (Å²) in [4.78, 5) is 17.2. The number of anilines is 1. The van der Waals surface area contributed by atoms with E-state index in [1.807, 2.05) is 30.0 Å². The van der Waals surface area contributed by atoms with Gasteiger partial charge in [0, 0.05) is 43.5 Å². The van der Waals surface area contributed by atoms with Gasteiger partial charge in [-0.1, -0.05) is 35.9 Å².